The highest BCUT2D eigenvalue weighted by Crippen LogP contribution is 2.46. The predicted molar refractivity (Wildman–Crippen MR) is 96.0 cm³/mol. The van der Waals surface area contributed by atoms with Crippen molar-refractivity contribution in [2.75, 3.05) is 0 Å². The molecule has 1 unspecified atom stereocenters. The molecule has 1 aromatic heterocycles. The van der Waals surface area contributed by atoms with Gasteiger partial charge >= 0.3 is 0 Å². The number of carbonyl (C=O) groups is 1. The number of carbonyl (C=O) groups excluding carboxylic acids is 1. The molecule has 4 rings (SSSR count). The number of benzene rings is 2. The summed E-state index contributed by atoms with van der Waals surface area (Å²) in [5.74, 6) is 0.738. The molecule has 0 N–H and O–H groups in total. The molecule has 1 atom stereocenters. The van der Waals surface area contributed by atoms with Crippen LogP contribution >= 0.6 is 11.6 Å². The summed E-state index contributed by atoms with van der Waals surface area (Å²) < 4.78 is 8.18. The molecule has 1 aliphatic rings. The normalized spacial score (nSPS) is 19.8. The third kappa shape index (κ3) is 2.15. The van der Waals surface area contributed by atoms with Gasteiger partial charge < -0.3 is 4.74 Å². The minimum absolute atomic E-state index is 0.0405. The lowest BCUT2D eigenvalue weighted by Crippen LogP contribution is -2.34. The van der Waals surface area contributed by atoms with Crippen molar-refractivity contribution in [3.05, 3.63) is 64.8 Å². The van der Waals surface area contributed by atoms with Crippen LogP contribution in [0.4, 0.5) is 0 Å². The van der Waals surface area contributed by atoms with E-state index in [1.54, 1.807) is 11.5 Å². The minimum Gasteiger partial charge on any atom is -0.480 e. The standard InChI is InChI=1S/C20H18ClNO2/c1-13(23)22-17-11-12-20(2,14-7-4-3-5-8-14)24-19(17)15-9-6-10-16(21)18(15)22/h3-10H,11-12H2,1-2H3. The molecule has 122 valence electrons. The molecule has 0 bridgehead atoms. The maximum atomic E-state index is 12.2. The van der Waals surface area contributed by atoms with Crippen LogP contribution in [0.5, 0.6) is 5.75 Å². The average Bonchev–Trinajstić information content (AvgIpc) is 2.91. The molecule has 2 aromatic carbocycles. The van der Waals surface area contributed by atoms with E-state index in [9.17, 15) is 4.79 Å². The summed E-state index contributed by atoms with van der Waals surface area (Å²) in [6.07, 6.45) is 1.58. The van der Waals surface area contributed by atoms with E-state index in [1.165, 1.54) is 0 Å². The van der Waals surface area contributed by atoms with E-state index in [0.29, 0.717) is 5.02 Å². The van der Waals surface area contributed by atoms with Gasteiger partial charge in [0.05, 0.1) is 16.2 Å². The van der Waals surface area contributed by atoms with E-state index in [1.807, 2.05) is 36.4 Å². The van der Waals surface area contributed by atoms with Crippen LogP contribution < -0.4 is 4.74 Å². The lowest BCUT2D eigenvalue weighted by atomic mass is 9.88. The van der Waals surface area contributed by atoms with Gasteiger partial charge in [-0.05, 0) is 37.5 Å². The third-order valence-electron chi connectivity index (χ3n) is 4.85. The Hall–Kier alpha value is -2.26. The maximum absolute atomic E-state index is 12.2. The van der Waals surface area contributed by atoms with Crippen LogP contribution in [0.15, 0.2) is 48.5 Å². The molecular formula is C20H18ClNO2. The van der Waals surface area contributed by atoms with Gasteiger partial charge in [0, 0.05) is 12.3 Å². The molecule has 0 spiro atoms. The second kappa shape index (κ2) is 5.38. The fraction of sp³-hybridized carbons (Fsp3) is 0.250. The van der Waals surface area contributed by atoms with Crippen molar-refractivity contribution >= 4 is 28.4 Å². The van der Waals surface area contributed by atoms with E-state index in [2.05, 4.69) is 19.1 Å². The molecule has 2 heterocycles. The van der Waals surface area contributed by atoms with Gasteiger partial charge in [0.1, 0.15) is 11.4 Å². The van der Waals surface area contributed by atoms with Crippen LogP contribution in [0.1, 0.15) is 36.3 Å². The van der Waals surface area contributed by atoms with Crippen molar-refractivity contribution in [3.8, 4) is 5.75 Å². The fourth-order valence-corrected chi connectivity index (χ4v) is 3.89. The van der Waals surface area contributed by atoms with Gasteiger partial charge in [0.2, 0.25) is 5.91 Å². The zero-order chi connectivity index (χ0) is 16.9. The quantitative estimate of drug-likeness (QED) is 0.610. The summed E-state index contributed by atoms with van der Waals surface area (Å²) >= 11 is 6.39. The van der Waals surface area contributed by atoms with Crippen LogP contribution in [0.25, 0.3) is 10.9 Å². The van der Waals surface area contributed by atoms with Gasteiger partial charge in [-0.25, -0.2) is 0 Å². The van der Waals surface area contributed by atoms with Crippen LogP contribution in [0.2, 0.25) is 5.02 Å². The number of hydrogen-bond acceptors (Lipinski definition) is 2. The van der Waals surface area contributed by atoms with Gasteiger partial charge in [-0.3, -0.25) is 9.36 Å². The van der Waals surface area contributed by atoms with Gasteiger partial charge in [-0.1, -0.05) is 48.0 Å². The Labute approximate surface area is 145 Å². The topological polar surface area (TPSA) is 31.2 Å². The highest BCUT2D eigenvalue weighted by Gasteiger charge is 2.37. The SMILES string of the molecule is CC(=O)n1c2c(c3cccc(Cl)c31)OC(C)(c1ccccc1)CC2. The first kappa shape index (κ1) is 15.3. The average molecular weight is 340 g/mol. The summed E-state index contributed by atoms with van der Waals surface area (Å²) in [7, 11) is 0. The van der Waals surface area contributed by atoms with Gasteiger partial charge in [-0.15, -0.1) is 0 Å². The van der Waals surface area contributed by atoms with E-state index in [4.69, 9.17) is 16.3 Å². The molecule has 0 radical (unpaired) electrons. The van der Waals surface area contributed by atoms with Crippen LogP contribution in [0.3, 0.4) is 0 Å². The van der Waals surface area contributed by atoms with Gasteiger partial charge in [-0.2, -0.15) is 0 Å². The Bertz CT molecular complexity index is 945. The van der Waals surface area contributed by atoms with Crippen molar-refractivity contribution in [2.45, 2.75) is 32.3 Å². The Balaban J connectivity index is 1.94. The minimum atomic E-state index is -0.410. The molecule has 24 heavy (non-hydrogen) atoms. The van der Waals surface area contributed by atoms with Crippen molar-refractivity contribution < 1.29 is 9.53 Å². The summed E-state index contributed by atoms with van der Waals surface area (Å²) in [6, 6.07) is 15.9. The molecule has 3 nitrogen and oxygen atoms in total. The molecule has 0 saturated carbocycles. The number of ether oxygens (including phenoxy) is 1. The van der Waals surface area contributed by atoms with E-state index >= 15 is 0 Å². The molecule has 3 aromatic rings. The number of fused-ring (bicyclic) bond motifs is 3. The first-order valence-corrected chi connectivity index (χ1v) is 8.46. The Morgan fingerprint density at radius 2 is 1.92 bits per heavy atom. The predicted octanol–water partition coefficient (Wildman–Crippen LogP) is 5.20. The number of para-hydroxylation sites is 1. The van der Waals surface area contributed by atoms with Crippen LogP contribution in [0, 0.1) is 0 Å². The van der Waals surface area contributed by atoms with Crippen molar-refractivity contribution in [3.63, 3.8) is 0 Å². The monoisotopic (exact) mass is 339 g/mol. The first-order chi connectivity index (χ1) is 11.5. The molecular weight excluding hydrogens is 322 g/mol. The van der Waals surface area contributed by atoms with Crippen LogP contribution in [-0.4, -0.2) is 10.5 Å². The Morgan fingerprint density at radius 1 is 1.17 bits per heavy atom. The van der Waals surface area contributed by atoms with Crippen molar-refractivity contribution in [1.82, 2.24) is 4.57 Å². The van der Waals surface area contributed by atoms with Gasteiger partial charge in [0.15, 0.2) is 0 Å². The summed E-state index contributed by atoms with van der Waals surface area (Å²) in [6.45, 7) is 3.67. The second-order valence-corrected chi connectivity index (χ2v) is 6.87. The van der Waals surface area contributed by atoms with Crippen molar-refractivity contribution in [2.24, 2.45) is 0 Å². The van der Waals surface area contributed by atoms with Crippen molar-refractivity contribution in [1.29, 1.82) is 0 Å². The Morgan fingerprint density at radius 3 is 2.62 bits per heavy atom. The van der Waals surface area contributed by atoms with Gasteiger partial charge in [0.25, 0.3) is 0 Å². The maximum Gasteiger partial charge on any atom is 0.228 e. The first-order valence-electron chi connectivity index (χ1n) is 8.08. The zero-order valence-corrected chi connectivity index (χ0v) is 14.4. The van der Waals surface area contributed by atoms with E-state index in [0.717, 1.165) is 40.8 Å². The summed E-state index contributed by atoms with van der Waals surface area (Å²) in [5.41, 5.74) is 2.39. The zero-order valence-electron chi connectivity index (χ0n) is 13.7. The molecule has 0 fully saturated rings. The Kier molecular flexibility index (Phi) is 3.43. The second-order valence-electron chi connectivity index (χ2n) is 6.47. The highest BCUT2D eigenvalue weighted by molar-refractivity contribution is 6.35. The number of nitrogens with zero attached hydrogens (tertiary/aromatic N) is 1. The molecule has 4 heteroatoms. The number of hydrogen-bond donors (Lipinski definition) is 0. The van der Waals surface area contributed by atoms with Crippen LogP contribution in [-0.2, 0) is 12.0 Å². The molecule has 0 aliphatic carbocycles. The number of halogens is 1. The summed E-state index contributed by atoms with van der Waals surface area (Å²) in [5, 5.41) is 1.47. The molecule has 1 aliphatic heterocycles. The fourth-order valence-electron chi connectivity index (χ4n) is 3.63. The summed E-state index contributed by atoms with van der Waals surface area (Å²) in [4.78, 5) is 12.2. The molecule has 0 saturated heterocycles. The van der Waals surface area contributed by atoms with E-state index in [-0.39, 0.29) is 5.91 Å². The third-order valence-corrected chi connectivity index (χ3v) is 5.16. The smallest absolute Gasteiger partial charge is 0.228 e. The highest BCUT2D eigenvalue weighted by atomic mass is 35.5. The lowest BCUT2D eigenvalue weighted by Gasteiger charge is -2.35. The largest absolute Gasteiger partial charge is 0.480 e. The molecule has 0 amide bonds. The van der Waals surface area contributed by atoms with E-state index < -0.39 is 5.60 Å². The number of rotatable bonds is 1. The lowest BCUT2D eigenvalue weighted by molar-refractivity contribution is 0.0619. The number of aromatic nitrogens is 1.